The van der Waals surface area contributed by atoms with Gasteiger partial charge in [-0.15, -0.1) is 12.4 Å². The quantitative estimate of drug-likeness (QED) is 0.366. The summed E-state index contributed by atoms with van der Waals surface area (Å²) < 4.78 is 2.02. The van der Waals surface area contributed by atoms with Crippen molar-refractivity contribution in [1.82, 2.24) is 9.88 Å². The molecule has 0 bridgehead atoms. The average Bonchev–Trinajstić information content (AvgIpc) is 3.13. The van der Waals surface area contributed by atoms with Crippen LogP contribution >= 0.6 is 39.7 Å². The zero-order chi connectivity index (χ0) is 21.0. The van der Waals surface area contributed by atoms with Crippen LogP contribution in [0, 0.1) is 0 Å². The standard InChI is InChI=1S/C22H24BrN3O2S.ClH/c1-4-25(5-2)12-13-26(21(28)17-8-6-16(7-9-17)15(3)27)22-24-19-11-10-18(23)14-20(19)29-22;/h6-11,14H,4-5,12-13H2,1-3H3;1H. The van der Waals surface area contributed by atoms with Crippen molar-refractivity contribution in [3.05, 3.63) is 58.1 Å². The number of hydrogen-bond donors (Lipinski definition) is 0. The molecule has 5 nitrogen and oxygen atoms in total. The fourth-order valence-corrected chi connectivity index (χ4v) is 4.61. The molecule has 2 aromatic carbocycles. The molecular weight excluding hydrogens is 486 g/mol. The molecule has 0 aliphatic heterocycles. The van der Waals surface area contributed by atoms with Crippen molar-refractivity contribution in [2.45, 2.75) is 20.8 Å². The van der Waals surface area contributed by atoms with E-state index in [4.69, 9.17) is 4.98 Å². The van der Waals surface area contributed by atoms with E-state index >= 15 is 0 Å². The molecule has 3 rings (SSSR count). The maximum absolute atomic E-state index is 13.3. The van der Waals surface area contributed by atoms with Crippen molar-refractivity contribution in [1.29, 1.82) is 0 Å². The Labute approximate surface area is 195 Å². The molecule has 1 heterocycles. The normalized spacial score (nSPS) is 10.8. The molecule has 0 fully saturated rings. The van der Waals surface area contributed by atoms with E-state index < -0.39 is 0 Å². The molecule has 0 N–H and O–H groups in total. The summed E-state index contributed by atoms with van der Waals surface area (Å²) in [5.74, 6) is -0.121. The Morgan fingerprint density at radius 3 is 2.23 bits per heavy atom. The van der Waals surface area contributed by atoms with E-state index in [0.717, 1.165) is 34.3 Å². The highest BCUT2D eigenvalue weighted by Crippen LogP contribution is 2.31. The minimum absolute atomic E-state index is 0. The van der Waals surface area contributed by atoms with Crippen molar-refractivity contribution in [2.24, 2.45) is 0 Å². The lowest BCUT2D eigenvalue weighted by Gasteiger charge is -2.24. The zero-order valence-corrected chi connectivity index (χ0v) is 20.4. The largest absolute Gasteiger partial charge is 0.302 e. The number of Topliss-reactive ketones (excluding diaryl/α,β-unsaturated/α-hetero) is 1. The van der Waals surface area contributed by atoms with Crippen molar-refractivity contribution in [3.8, 4) is 0 Å². The van der Waals surface area contributed by atoms with Crippen LogP contribution in [0.4, 0.5) is 5.13 Å². The Morgan fingerprint density at radius 1 is 1.00 bits per heavy atom. The summed E-state index contributed by atoms with van der Waals surface area (Å²) >= 11 is 5.00. The van der Waals surface area contributed by atoms with Gasteiger partial charge in [0.15, 0.2) is 10.9 Å². The maximum Gasteiger partial charge on any atom is 0.260 e. The third-order valence-electron chi connectivity index (χ3n) is 4.89. The number of amides is 1. The number of likely N-dealkylation sites (N-methyl/N-ethyl adjacent to an activating group) is 1. The second-order valence-corrected chi connectivity index (χ2v) is 8.65. The van der Waals surface area contributed by atoms with Crippen LogP contribution in [-0.2, 0) is 0 Å². The number of aromatic nitrogens is 1. The predicted molar refractivity (Wildman–Crippen MR) is 130 cm³/mol. The van der Waals surface area contributed by atoms with Crippen LogP contribution in [0.5, 0.6) is 0 Å². The predicted octanol–water partition coefficient (Wildman–Crippen LogP) is 5.67. The van der Waals surface area contributed by atoms with Crippen molar-refractivity contribution >= 4 is 66.7 Å². The summed E-state index contributed by atoms with van der Waals surface area (Å²) in [4.78, 5) is 33.6. The van der Waals surface area contributed by atoms with Crippen LogP contribution in [0.2, 0.25) is 0 Å². The smallest absolute Gasteiger partial charge is 0.260 e. The number of carbonyl (C=O) groups is 2. The molecule has 0 saturated heterocycles. The van der Waals surface area contributed by atoms with Gasteiger partial charge in [-0.05, 0) is 50.3 Å². The summed E-state index contributed by atoms with van der Waals surface area (Å²) in [5, 5.41) is 0.686. The highest BCUT2D eigenvalue weighted by Gasteiger charge is 2.22. The summed E-state index contributed by atoms with van der Waals surface area (Å²) in [6.07, 6.45) is 0. The fourth-order valence-electron chi connectivity index (χ4n) is 3.07. The Balaban J connectivity index is 0.00000320. The van der Waals surface area contributed by atoms with Gasteiger partial charge in [0.05, 0.1) is 10.2 Å². The lowest BCUT2D eigenvalue weighted by molar-refractivity contribution is 0.0980. The van der Waals surface area contributed by atoms with E-state index in [2.05, 4.69) is 34.7 Å². The van der Waals surface area contributed by atoms with Gasteiger partial charge in [-0.3, -0.25) is 14.5 Å². The molecule has 8 heteroatoms. The molecule has 1 aromatic heterocycles. The van der Waals surface area contributed by atoms with Gasteiger partial charge in [0.25, 0.3) is 5.91 Å². The topological polar surface area (TPSA) is 53.5 Å². The first-order chi connectivity index (χ1) is 13.9. The number of halogens is 2. The molecule has 0 radical (unpaired) electrons. The van der Waals surface area contributed by atoms with Crippen LogP contribution in [0.15, 0.2) is 46.9 Å². The monoisotopic (exact) mass is 509 g/mol. The first-order valence-electron chi connectivity index (χ1n) is 9.64. The molecule has 0 atom stereocenters. The van der Waals surface area contributed by atoms with Gasteiger partial charge in [0.1, 0.15) is 0 Å². The van der Waals surface area contributed by atoms with E-state index in [1.165, 1.54) is 18.3 Å². The Hall–Kier alpha value is -1.80. The van der Waals surface area contributed by atoms with E-state index in [9.17, 15) is 9.59 Å². The van der Waals surface area contributed by atoms with Crippen LogP contribution in [0.1, 0.15) is 41.5 Å². The molecule has 3 aromatic rings. The summed E-state index contributed by atoms with van der Waals surface area (Å²) in [6.45, 7) is 8.93. The minimum atomic E-state index is -0.106. The minimum Gasteiger partial charge on any atom is -0.302 e. The lowest BCUT2D eigenvalue weighted by Crippen LogP contribution is -2.38. The number of benzene rings is 2. The van der Waals surface area contributed by atoms with Crippen LogP contribution in [0.3, 0.4) is 0 Å². The first-order valence-corrected chi connectivity index (χ1v) is 11.2. The van der Waals surface area contributed by atoms with Gasteiger partial charge in [-0.2, -0.15) is 0 Å². The SMILES string of the molecule is CCN(CC)CCN(C(=O)c1ccc(C(C)=O)cc1)c1nc2ccc(Br)cc2s1.Cl. The Bertz CT molecular complexity index is 1020. The molecule has 0 aliphatic rings. The Morgan fingerprint density at radius 2 is 1.63 bits per heavy atom. The highest BCUT2D eigenvalue weighted by molar-refractivity contribution is 9.10. The average molecular weight is 511 g/mol. The molecule has 160 valence electrons. The summed E-state index contributed by atoms with van der Waals surface area (Å²) in [5.41, 5.74) is 2.02. The van der Waals surface area contributed by atoms with Gasteiger partial charge in [0, 0.05) is 28.7 Å². The molecule has 0 saturated carbocycles. The van der Waals surface area contributed by atoms with E-state index in [-0.39, 0.29) is 24.1 Å². The maximum atomic E-state index is 13.3. The number of carbonyl (C=O) groups excluding carboxylic acids is 2. The number of thiazole rings is 1. The van der Waals surface area contributed by atoms with E-state index in [1.807, 2.05) is 18.2 Å². The van der Waals surface area contributed by atoms with Gasteiger partial charge >= 0.3 is 0 Å². The van der Waals surface area contributed by atoms with Crippen LogP contribution in [0.25, 0.3) is 10.2 Å². The molecule has 0 aliphatic carbocycles. The van der Waals surface area contributed by atoms with Gasteiger partial charge in [-0.25, -0.2) is 4.98 Å². The lowest BCUT2D eigenvalue weighted by atomic mass is 10.1. The van der Waals surface area contributed by atoms with E-state index in [1.54, 1.807) is 29.2 Å². The number of rotatable bonds is 8. The zero-order valence-electron chi connectivity index (χ0n) is 17.2. The Kier molecular flexibility index (Phi) is 8.97. The third kappa shape index (κ3) is 5.66. The van der Waals surface area contributed by atoms with Crippen LogP contribution < -0.4 is 4.90 Å². The third-order valence-corrected chi connectivity index (χ3v) is 6.42. The van der Waals surface area contributed by atoms with Gasteiger partial charge in [-0.1, -0.05) is 53.2 Å². The molecule has 30 heavy (non-hydrogen) atoms. The highest BCUT2D eigenvalue weighted by atomic mass is 79.9. The molecule has 0 unspecified atom stereocenters. The van der Waals surface area contributed by atoms with Crippen molar-refractivity contribution in [3.63, 3.8) is 0 Å². The molecule has 0 spiro atoms. The first kappa shape index (κ1) is 24.5. The number of anilines is 1. The summed E-state index contributed by atoms with van der Waals surface area (Å²) in [7, 11) is 0. The fraction of sp³-hybridized carbons (Fsp3) is 0.318. The summed E-state index contributed by atoms with van der Waals surface area (Å²) in [6, 6.07) is 12.8. The second-order valence-electron chi connectivity index (χ2n) is 6.73. The second kappa shape index (κ2) is 11.0. The molecule has 1 amide bonds. The number of ketones is 1. The molecular formula is C22H25BrClN3O2S. The number of nitrogens with zero attached hydrogens (tertiary/aromatic N) is 3. The number of fused-ring (bicyclic) bond motifs is 1. The number of hydrogen-bond acceptors (Lipinski definition) is 5. The van der Waals surface area contributed by atoms with Gasteiger partial charge in [0.2, 0.25) is 0 Å². The van der Waals surface area contributed by atoms with E-state index in [0.29, 0.717) is 22.8 Å². The van der Waals surface area contributed by atoms with Crippen molar-refractivity contribution in [2.75, 3.05) is 31.1 Å². The van der Waals surface area contributed by atoms with Crippen molar-refractivity contribution < 1.29 is 9.59 Å². The van der Waals surface area contributed by atoms with Gasteiger partial charge < -0.3 is 4.90 Å². The van der Waals surface area contributed by atoms with Crippen LogP contribution in [-0.4, -0.2) is 47.8 Å².